The minimum absolute atomic E-state index is 0.214. The third-order valence-corrected chi connectivity index (χ3v) is 5.43. The number of aromatic nitrogens is 4. The molecule has 1 aliphatic rings. The molecule has 0 spiro atoms. The van der Waals surface area contributed by atoms with Gasteiger partial charge in [-0.25, -0.2) is 14.5 Å². The second-order valence-electron chi connectivity index (χ2n) is 7.32. The van der Waals surface area contributed by atoms with Crippen molar-refractivity contribution in [2.75, 3.05) is 19.4 Å². The van der Waals surface area contributed by atoms with Crippen molar-refractivity contribution in [3.05, 3.63) is 36.3 Å². The Morgan fingerprint density at radius 2 is 2.10 bits per heavy atom. The number of nitrogens with one attached hydrogen (secondary N) is 1. The predicted molar refractivity (Wildman–Crippen MR) is 107 cm³/mol. The first-order valence-electron chi connectivity index (χ1n) is 9.65. The van der Waals surface area contributed by atoms with Gasteiger partial charge in [0.05, 0.1) is 24.5 Å². The maximum Gasteiger partial charge on any atom is 0.253 e. The summed E-state index contributed by atoms with van der Waals surface area (Å²) < 4.78 is 6.82. The number of nitrogen functional groups attached to an aromatic ring is 1. The zero-order valence-corrected chi connectivity index (χ0v) is 16.2. The van der Waals surface area contributed by atoms with E-state index in [1.165, 1.54) is 6.33 Å². The third kappa shape index (κ3) is 3.86. The van der Waals surface area contributed by atoms with Crippen LogP contribution in [0.15, 0.2) is 30.7 Å². The molecule has 0 aliphatic heterocycles. The molecule has 9 heteroatoms. The summed E-state index contributed by atoms with van der Waals surface area (Å²) in [4.78, 5) is 21.1. The van der Waals surface area contributed by atoms with Crippen LogP contribution in [0.4, 0.5) is 5.82 Å². The van der Waals surface area contributed by atoms with Crippen LogP contribution in [0.5, 0.6) is 5.88 Å². The molecular formula is C20H24N6O3. The molecule has 0 radical (unpaired) electrons. The Bertz CT molecular complexity index is 1030. The second kappa shape index (κ2) is 8.04. The highest BCUT2D eigenvalue weighted by Crippen LogP contribution is 2.29. The minimum Gasteiger partial charge on any atom is -0.481 e. The SMILES string of the molecule is COc1cc(-c2cc(C(=O)NCC3CCC(O)CC3)c3c(N)ncnn23)ccn1. The van der Waals surface area contributed by atoms with E-state index in [2.05, 4.69) is 20.4 Å². The van der Waals surface area contributed by atoms with Gasteiger partial charge in [-0.2, -0.15) is 5.10 Å². The largest absolute Gasteiger partial charge is 0.481 e. The molecule has 3 heterocycles. The number of aliphatic hydroxyl groups is 1. The lowest BCUT2D eigenvalue weighted by Gasteiger charge is -2.25. The summed E-state index contributed by atoms with van der Waals surface area (Å²) in [5, 5.41) is 16.9. The minimum atomic E-state index is -0.220. The van der Waals surface area contributed by atoms with Gasteiger partial charge in [-0.05, 0) is 43.7 Å². The Hall–Kier alpha value is -3.20. The van der Waals surface area contributed by atoms with Crippen molar-refractivity contribution in [2.24, 2.45) is 5.92 Å². The summed E-state index contributed by atoms with van der Waals surface area (Å²) in [6, 6.07) is 5.35. The normalized spacial score (nSPS) is 19.2. The third-order valence-electron chi connectivity index (χ3n) is 5.43. The summed E-state index contributed by atoms with van der Waals surface area (Å²) in [7, 11) is 1.55. The molecule has 1 saturated carbocycles. The van der Waals surface area contributed by atoms with E-state index in [9.17, 15) is 9.90 Å². The van der Waals surface area contributed by atoms with Crippen LogP contribution in [0.3, 0.4) is 0 Å². The number of nitrogens with two attached hydrogens (primary N) is 1. The maximum atomic E-state index is 13.0. The van der Waals surface area contributed by atoms with Gasteiger partial charge in [0, 0.05) is 24.4 Å². The number of rotatable bonds is 5. The fourth-order valence-corrected chi connectivity index (χ4v) is 3.81. The van der Waals surface area contributed by atoms with Gasteiger partial charge in [-0.1, -0.05) is 0 Å². The summed E-state index contributed by atoms with van der Waals surface area (Å²) in [5.74, 6) is 0.847. The van der Waals surface area contributed by atoms with Crippen molar-refractivity contribution in [3.8, 4) is 17.1 Å². The number of aliphatic hydroxyl groups excluding tert-OH is 1. The lowest BCUT2D eigenvalue weighted by Crippen LogP contribution is -2.32. The van der Waals surface area contributed by atoms with Crippen molar-refractivity contribution < 1.29 is 14.6 Å². The van der Waals surface area contributed by atoms with Crippen LogP contribution in [0.25, 0.3) is 16.8 Å². The van der Waals surface area contributed by atoms with Gasteiger partial charge in [0.1, 0.15) is 11.8 Å². The highest BCUT2D eigenvalue weighted by atomic mass is 16.5. The van der Waals surface area contributed by atoms with Crippen LogP contribution >= 0.6 is 0 Å². The predicted octanol–water partition coefficient (Wildman–Crippen LogP) is 1.66. The fraction of sp³-hybridized carbons (Fsp3) is 0.400. The molecule has 1 aliphatic carbocycles. The second-order valence-corrected chi connectivity index (χ2v) is 7.32. The molecule has 1 fully saturated rings. The van der Waals surface area contributed by atoms with Gasteiger partial charge in [0.15, 0.2) is 5.82 Å². The van der Waals surface area contributed by atoms with E-state index in [-0.39, 0.29) is 17.8 Å². The average Bonchev–Trinajstić information content (AvgIpc) is 3.14. The van der Waals surface area contributed by atoms with E-state index in [0.717, 1.165) is 31.2 Å². The Kier molecular flexibility index (Phi) is 5.30. The summed E-state index contributed by atoms with van der Waals surface area (Å²) >= 11 is 0. The maximum absolute atomic E-state index is 13.0. The topological polar surface area (TPSA) is 128 Å². The first-order chi connectivity index (χ1) is 14.1. The smallest absolute Gasteiger partial charge is 0.253 e. The van der Waals surface area contributed by atoms with Gasteiger partial charge in [0.2, 0.25) is 5.88 Å². The van der Waals surface area contributed by atoms with Gasteiger partial charge in [0.25, 0.3) is 5.91 Å². The number of ether oxygens (including phenoxy) is 1. The van der Waals surface area contributed by atoms with Crippen LogP contribution in [0.1, 0.15) is 36.0 Å². The molecule has 0 unspecified atom stereocenters. The number of anilines is 1. The number of pyridine rings is 1. The number of hydrogen-bond donors (Lipinski definition) is 3. The molecule has 3 aromatic rings. The summed E-state index contributed by atoms with van der Waals surface area (Å²) in [5.41, 5.74) is 8.46. The van der Waals surface area contributed by atoms with Crippen LogP contribution in [0.2, 0.25) is 0 Å². The van der Waals surface area contributed by atoms with Gasteiger partial charge in [-0.3, -0.25) is 4.79 Å². The van der Waals surface area contributed by atoms with Crippen molar-refractivity contribution in [1.29, 1.82) is 0 Å². The highest BCUT2D eigenvalue weighted by molar-refractivity contribution is 6.05. The first-order valence-corrected chi connectivity index (χ1v) is 9.65. The molecule has 152 valence electrons. The molecule has 0 atom stereocenters. The highest BCUT2D eigenvalue weighted by Gasteiger charge is 2.23. The van der Waals surface area contributed by atoms with E-state index >= 15 is 0 Å². The monoisotopic (exact) mass is 396 g/mol. The summed E-state index contributed by atoms with van der Waals surface area (Å²) in [6.45, 7) is 0.564. The lowest BCUT2D eigenvalue weighted by molar-refractivity contribution is 0.0911. The molecule has 4 rings (SSSR count). The lowest BCUT2D eigenvalue weighted by atomic mass is 9.87. The Morgan fingerprint density at radius 1 is 1.31 bits per heavy atom. The zero-order valence-electron chi connectivity index (χ0n) is 16.2. The number of fused-ring (bicyclic) bond motifs is 1. The average molecular weight is 396 g/mol. The van der Waals surface area contributed by atoms with Crippen molar-refractivity contribution in [2.45, 2.75) is 31.8 Å². The molecule has 0 saturated heterocycles. The number of carbonyl (C=O) groups excluding carboxylic acids is 1. The Balaban J connectivity index is 1.64. The molecule has 1 amide bonds. The van der Waals surface area contributed by atoms with E-state index in [1.807, 2.05) is 6.07 Å². The van der Waals surface area contributed by atoms with E-state index in [1.54, 1.807) is 30.0 Å². The quantitative estimate of drug-likeness (QED) is 0.598. The van der Waals surface area contributed by atoms with Crippen LogP contribution in [-0.2, 0) is 0 Å². The fourth-order valence-electron chi connectivity index (χ4n) is 3.81. The number of methoxy groups -OCH3 is 1. The van der Waals surface area contributed by atoms with Crippen molar-refractivity contribution in [3.63, 3.8) is 0 Å². The molecule has 9 nitrogen and oxygen atoms in total. The van der Waals surface area contributed by atoms with Crippen LogP contribution < -0.4 is 15.8 Å². The molecule has 4 N–H and O–H groups in total. The first kappa shape index (κ1) is 19.1. The number of amides is 1. The molecule has 29 heavy (non-hydrogen) atoms. The molecule has 0 aromatic carbocycles. The van der Waals surface area contributed by atoms with Crippen LogP contribution in [-0.4, -0.2) is 50.4 Å². The Morgan fingerprint density at radius 3 is 2.86 bits per heavy atom. The summed E-state index contributed by atoms with van der Waals surface area (Å²) in [6.07, 6.45) is 6.16. The zero-order chi connectivity index (χ0) is 20.4. The van der Waals surface area contributed by atoms with Gasteiger partial charge in [-0.15, -0.1) is 0 Å². The standard InChI is InChI=1S/C20H24N6O3/c1-29-17-8-13(6-7-22-17)16-9-15(18-19(21)24-11-25-26(16)18)20(28)23-10-12-2-4-14(27)5-3-12/h6-9,11-12,14,27H,2-5,10H2,1H3,(H,23,28)(H2,21,24,25). The van der Waals surface area contributed by atoms with E-state index < -0.39 is 0 Å². The number of carbonyl (C=O) groups is 1. The van der Waals surface area contributed by atoms with Crippen LogP contribution in [0, 0.1) is 5.92 Å². The van der Waals surface area contributed by atoms with Crippen molar-refractivity contribution >= 4 is 17.2 Å². The molecule has 0 bridgehead atoms. The van der Waals surface area contributed by atoms with E-state index in [4.69, 9.17) is 10.5 Å². The van der Waals surface area contributed by atoms with Crippen molar-refractivity contribution in [1.82, 2.24) is 24.9 Å². The number of nitrogens with zero attached hydrogens (tertiary/aromatic N) is 4. The number of hydrogen-bond acceptors (Lipinski definition) is 7. The molecule has 3 aromatic heterocycles. The van der Waals surface area contributed by atoms with E-state index in [0.29, 0.717) is 35.1 Å². The Labute approximate surface area is 167 Å². The molecular weight excluding hydrogens is 372 g/mol. The van der Waals surface area contributed by atoms with Gasteiger partial charge < -0.3 is 20.9 Å². The van der Waals surface area contributed by atoms with Gasteiger partial charge >= 0.3 is 0 Å².